The van der Waals surface area contributed by atoms with Gasteiger partial charge in [0.05, 0.1) is 24.2 Å². The van der Waals surface area contributed by atoms with Crippen LogP contribution >= 0.6 is 0 Å². The van der Waals surface area contributed by atoms with Gasteiger partial charge in [0.1, 0.15) is 0 Å². The van der Waals surface area contributed by atoms with Crippen molar-refractivity contribution in [2.75, 3.05) is 25.6 Å². The molecule has 0 saturated heterocycles. The lowest BCUT2D eigenvalue weighted by Crippen LogP contribution is -2.28. The van der Waals surface area contributed by atoms with Gasteiger partial charge in [-0.15, -0.1) is 0 Å². The molecule has 0 aliphatic carbocycles. The molecule has 0 spiro atoms. The maximum Gasteiger partial charge on any atom is 0.341 e. The fourth-order valence-electron chi connectivity index (χ4n) is 1.42. The number of hydrogen-bond acceptors (Lipinski definition) is 5. The lowest BCUT2D eigenvalue weighted by molar-refractivity contribution is 0.153. The Morgan fingerprint density at radius 1 is 1.32 bits per heavy atom. The van der Waals surface area contributed by atoms with Gasteiger partial charge in [0.25, 0.3) is 0 Å². The Bertz CT molecular complexity index is 490. The third-order valence-corrected chi connectivity index (χ3v) is 3.77. The zero-order valence-corrected chi connectivity index (χ0v) is 11.0. The first-order valence-corrected chi connectivity index (χ1v) is 6.95. The highest BCUT2D eigenvalue weighted by atomic mass is 32.2. The van der Waals surface area contributed by atoms with E-state index in [2.05, 4.69) is 5.32 Å². The average molecular weight is 295 g/mol. The predicted molar refractivity (Wildman–Crippen MR) is 66.0 cm³/mol. The van der Waals surface area contributed by atoms with Crippen LogP contribution in [0, 0.1) is 0 Å². The normalized spacial score (nSPS) is 13.5. The van der Waals surface area contributed by atoms with Gasteiger partial charge in [0, 0.05) is 12.8 Å². The van der Waals surface area contributed by atoms with E-state index >= 15 is 0 Å². The van der Waals surface area contributed by atoms with Crippen LogP contribution in [0.5, 0.6) is 0 Å². The standard InChI is InChI=1S/C11H15F2NO4S/c1-18-7-9(6-15)14-8-2-4-10(5-3-8)19(16,17)11(12)13/h2-5,9,11,14-15H,6-7H2,1H3. The molecule has 0 radical (unpaired) electrons. The van der Waals surface area contributed by atoms with Crippen LogP contribution in [0.15, 0.2) is 29.2 Å². The molecule has 0 heterocycles. The summed E-state index contributed by atoms with van der Waals surface area (Å²) in [6.45, 7) is 0.0819. The van der Waals surface area contributed by atoms with Gasteiger partial charge in [-0.25, -0.2) is 8.42 Å². The molecule has 1 rings (SSSR count). The summed E-state index contributed by atoms with van der Waals surface area (Å²) in [6.07, 6.45) is 0. The zero-order valence-electron chi connectivity index (χ0n) is 10.2. The van der Waals surface area contributed by atoms with Crippen molar-refractivity contribution in [2.45, 2.75) is 16.7 Å². The Morgan fingerprint density at radius 3 is 2.32 bits per heavy atom. The number of halogens is 2. The van der Waals surface area contributed by atoms with E-state index in [9.17, 15) is 17.2 Å². The van der Waals surface area contributed by atoms with Crippen molar-refractivity contribution in [3.8, 4) is 0 Å². The Kier molecular flexibility index (Phi) is 5.64. The summed E-state index contributed by atoms with van der Waals surface area (Å²) in [5.41, 5.74) is 0.504. The van der Waals surface area contributed by atoms with Gasteiger partial charge >= 0.3 is 5.76 Å². The predicted octanol–water partition coefficient (Wildman–Crippen LogP) is 1.10. The molecule has 0 saturated carbocycles. The van der Waals surface area contributed by atoms with Crippen molar-refractivity contribution >= 4 is 15.5 Å². The van der Waals surface area contributed by atoms with Crippen LogP contribution in [0.25, 0.3) is 0 Å². The van der Waals surface area contributed by atoms with Gasteiger partial charge in [-0.2, -0.15) is 8.78 Å². The Balaban J connectivity index is 2.82. The third-order valence-electron chi connectivity index (χ3n) is 2.38. The summed E-state index contributed by atoms with van der Waals surface area (Å²) in [6, 6.07) is 4.53. The highest BCUT2D eigenvalue weighted by molar-refractivity contribution is 7.91. The fraction of sp³-hybridized carbons (Fsp3) is 0.455. The second kappa shape index (κ2) is 6.78. The van der Waals surface area contributed by atoms with Gasteiger partial charge in [0.15, 0.2) is 0 Å². The van der Waals surface area contributed by atoms with Gasteiger partial charge in [-0.05, 0) is 24.3 Å². The molecule has 0 aliphatic rings. The summed E-state index contributed by atoms with van der Waals surface area (Å²) in [5.74, 6) is -3.44. The summed E-state index contributed by atoms with van der Waals surface area (Å²) in [7, 11) is -3.10. The number of benzene rings is 1. The molecule has 0 aromatic heterocycles. The number of hydrogen-bond donors (Lipinski definition) is 2. The molecule has 0 amide bonds. The molecule has 1 atom stereocenters. The summed E-state index contributed by atoms with van der Waals surface area (Å²) < 4.78 is 51.9. The van der Waals surface area contributed by atoms with Crippen LogP contribution in [-0.2, 0) is 14.6 Å². The van der Waals surface area contributed by atoms with Crippen LogP contribution in [0.3, 0.4) is 0 Å². The maximum absolute atomic E-state index is 12.3. The topological polar surface area (TPSA) is 75.6 Å². The molecule has 5 nitrogen and oxygen atoms in total. The minimum Gasteiger partial charge on any atom is -0.394 e. The molecule has 1 aromatic rings. The molecule has 19 heavy (non-hydrogen) atoms. The molecule has 1 aromatic carbocycles. The second-order valence-corrected chi connectivity index (χ2v) is 5.73. The summed E-state index contributed by atoms with van der Waals surface area (Å²) in [4.78, 5) is -0.444. The first-order valence-electron chi connectivity index (χ1n) is 5.40. The van der Waals surface area contributed by atoms with E-state index in [4.69, 9.17) is 9.84 Å². The second-order valence-electron chi connectivity index (χ2n) is 3.81. The third kappa shape index (κ3) is 4.12. The van der Waals surface area contributed by atoms with E-state index in [1.165, 1.54) is 19.2 Å². The van der Waals surface area contributed by atoms with E-state index in [1.807, 2.05) is 0 Å². The minimum atomic E-state index is -4.57. The highest BCUT2D eigenvalue weighted by Gasteiger charge is 2.26. The molecule has 1 unspecified atom stereocenters. The number of methoxy groups -OCH3 is 1. The van der Waals surface area contributed by atoms with Crippen molar-refractivity contribution in [3.05, 3.63) is 24.3 Å². The zero-order chi connectivity index (χ0) is 14.5. The first-order chi connectivity index (χ1) is 8.91. The molecule has 0 fully saturated rings. The lowest BCUT2D eigenvalue weighted by atomic mass is 10.2. The molecule has 0 bridgehead atoms. The van der Waals surface area contributed by atoms with Crippen molar-refractivity contribution in [3.63, 3.8) is 0 Å². The van der Waals surface area contributed by atoms with E-state index in [0.717, 1.165) is 12.1 Å². The van der Waals surface area contributed by atoms with Crippen molar-refractivity contribution in [1.82, 2.24) is 0 Å². The van der Waals surface area contributed by atoms with Gasteiger partial charge in [-0.1, -0.05) is 0 Å². The largest absolute Gasteiger partial charge is 0.394 e. The number of sulfone groups is 1. The highest BCUT2D eigenvalue weighted by Crippen LogP contribution is 2.20. The van der Waals surface area contributed by atoms with Crippen LogP contribution in [-0.4, -0.2) is 45.6 Å². The van der Waals surface area contributed by atoms with Crippen LogP contribution in [0.1, 0.15) is 0 Å². The molecular weight excluding hydrogens is 280 g/mol. The van der Waals surface area contributed by atoms with E-state index in [-0.39, 0.29) is 19.3 Å². The molecular formula is C11H15F2NO4S. The number of nitrogens with one attached hydrogen (secondary N) is 1. The molecule has 108 valence electrons. The number of rotatable bonds is 7. The minimum absolute atomic E-state index is 0.176. The Morgan fingerprint density at radius 2 is 1.89 bits per heavy atom. The quantitative estimate of drug-likeness (QED) is 0.788. The van der Waals surface area contributed by atoms with Gasteiger partial charge in [0.2, 0.25) is 9.84 Å². The number of anilines is 1. The van der Waals surface area contributed by atoms with Crippen molar-refractivity contribution in [1.29, 1.82) is 0 Å². The Hall–Kier alpha value is -1.25. The smallest absolute Gasteiger partial charge is 0.341 e. The van der Waals surface area contributed by atoms with Crippen LogP contribution in [0.4, 0.5) is 14.5 Å². The summed E-state index contributed by atoms with van der Waals surface area (Å²) >= 11 is 0. The Labute approximate surface area is 110 Å². The summed E-state index contributed by atoms with van der Waals surface area (Å²) in [5, 5.41) is 11.9. The van der Waals surface area contributed by atoms with E-state index < -0.39 is 20.5 Å². The first kappa shape index (κ1) is 15.8. The number of alkyl halides is 2. The SMILES string of the molecule is COCC(CO)Nc1ccc(S(=O)(=O)C(F)F)cc1. The van der Waals surface area contributed by atoms with Crippen LogP contribution < -0.4 is 5.32 Å². The number of ether oxygens (including phenoxy) is 1. The monoisotopic (exact) mass is 295 g/mol. The van der Waals surface area contributed by atoms with Crippen LogP contribution in [0.2, 0.25) is 0 Å². The number of aliphatic hydroxyl groups excluding tert-OH is 1. The van der Waals surface area contributed by atoms with Gasteiger partial charge < -0.3 is 15.2 Å². The molecule has 2 N–H and O–H groups in total. The van der Waals surface area contributed by atoms with Gasteiger partial charge in [-0.3, -0.25) is 0 Å². The van der Waals surface area contributed by atoms with Crippen molar-refractivity contribution in [2.24, 2.45) is 0 Å². The van der Waals surface area contributed by atoms with Crippen molar-refractivity contribution < 1.29 is 27.0 Å². The van der Waals surface area contributed by atoms with E-state index in [1.54, 1.807) is 0 Å². The fourth-order valence-corrected chi connectivity index (χ4v) is 2.14. The van der Waals surface area contributed by atoms with E-state index in [0.29, 0.717) is 5.69 Å². The number of aliphatic hydroxyl groups is 1. The average Bonchev–Trinajstić information content (AvgIpc) is 2.38. The lowest BCUT2D eigenvalue weighted by Gasteiger charge is -2.16. The maximum atomic E-state index is 12.3. The molecule has 8 heteroatoms. The molecule has 0 aliphatic heterocycles.